The Hall–Kier alpha value is -2.01. The second-order valence-electron chi connectivity index (χ2n) is 4.65. The number of ether oxygens (including phenoxy) is 2. The van der Waals surface area contributed by atoms with Crippen LogP contribution in [0, 0.1) is 0 Å². The van der Waals surface area contributed by atoms with Crippen LogP contribution in [-0.2, 0) is 19.0 Å². The van der Waals surface area contributed by atoms with Gasteiger partial charge in [-0.1, -0.05) is 0 Å². The van der Waals surface area contributed by atoms with Crippen molar-refractivity contribution in [2.75, 3.05) is 24.3 Å². The third-order valence-corrected chi connectivity index (χ3v) is 3.29. The first-order valence-electron chi connectivity index (χ1n) is 6.22. The van der Waals surface area contributed by atoms with Crippen LogP contribution in [0.15, 0.2) is 24.3 Å². The Labute approximate surface area is 129 Å². The van der Waals surface area contributed by atoms with E-state index in [0.29, 0.717) is 0 Å². The normalized spacial score (nSPS) is 18.9. The number of hydrogen-bond acceptors (Lipinski definition) is 6. The smallest absolute Gasteiger partial charge is 0.441 e. The molecule has 0 N–H and O–H groups in total. The van der Waals surface area contributed by atoms with Crippen molar-refractivity contribution in [1.82, 2.24) is 0 Å². The second kappa shape index (κ2) is 6.24. The van der Waals surface area contributed by atoms with Crippen LogP contribution >= 0.6 is 0 Å². The predicted molar refractivity (Wildman–Crippen MR) is 71.5 cm³/mol. The van der Waals surface area contributed by atoms with E-state index in [1.807, 2.05) is 0 Å². The zero-order valence-electron chi connectivity index (χ0n) is 11.7. The number of hydrogen-bond donors (Lipinski definition) is 0. The van der Waals surface area contributed by atoms with Crippen molar-refractivity contribution in [3.8, 4) is 5.75 Å². The summed E-state index contributed by atoms with van der Waals surface area (Å²) >= 11 is 0. The Bertz CT molecular complexity index is 673. The van der Waals surface area contributed by atoms with Gasteiger partial charge in [0, 0.05) is 5.69 Å². The minimum Gasteiger partial charge on any atom is -0.441 e. The summed E-state index contributed by atoms with van der Waals surface area (Å²) in [6, 6.07) is 4.61. The number of nitrogens with zero attached hydrogens (tertiary/aromatic N) is 1. The van der Waals surface area contributed by atoms with E-state index in [4.69, 9.17) is 4.74 Å². The number of anilines is 1. The van der Waals surface area contributed by atoms with Crippen LogP contribution in [-0.4, -0.2) is 46.4 Å². The molecule has 11 heteroatoms. The molecule has 128 valence electrons. The molecule has 1 amide bonds. The molecule has 1 heterocycles. The van der Waals surface area contributed by atoms with Gasteiger partial charge >= 0.3 is 12.5 Å². The topological polar surface area (TPSA) is 82.1 Å². The summed E-state index contributed by atoms with van der Waals surface area (Å²) in [6.45, 7) is -0.329. The molecule has 1 atom stereocenters. The van der Waals surface area contributed by atoms with Crippen molar-refractivity contribution in [2.45, 2.75) is 12.5 Å². The monoisotopic (exact) mass is 355 g/mol. The van der Waals surface area contributed by atoms with E-state index >= 15 is 0 Å². The molecule has 1 aliphatic heterocycles. The molecule has 23 heavy (non-hydrogen) atoms. The molecule has 1 aromatic carbocycles. The van der Waals surface area contributed by atoms with E-state index in [2.05, 4.69) is 8.92 Å². The Kier molecular flexibility index (Phi) is 4.71. The molecule has 2 rings (SSSR count). The predicted octanol–water partition coefficient (Wildman–Crippen LogP) is 1.89. The van der Waals surface area contributed by atoms with Gasteiger partial charge in [0.1, 0.15) is 18.5 Å². The van der Waals surface area contributed by atoms with Crippen LogP contribution in [0.5, 0.6) is 5.75 Å². The fourth-order valence-corrected chi connectivity index (χ4v) is 2.25. The Balaban J connectivity index is 2.00. The molecule has 0 radical (unpaired) electrons. The number of alkyl halides is 3. The number of carbonyl (C=O) groups excluding carboxylic acids is 1. The van der Waals surface area contributed by atoms with E-state index in [-0.39, 0.29) is 18.8 Å². The Morgan fingerprint density at radius 3 is 2.43 bits per heavy atom. The first-order chi connectivity index (χ1) is 10.5. The van der Waals surface area contributed by atoms with Crippen LogP contribution in [0.2, 0.25) is 0 Å². The van der Waals surface area contributed by atoms with E-state index in [9.17, 15) is 26.4 Å². The van der Waals surface area contributed by atoms with Gasteiger partial charge in [-0.15, -0.1) is 13.2 Å². The molecule has 1 aromatic rings. The van der Waals surface area contributed by atoms with Crippen molar-refractivity contribution in [3.63, 3.8) is 0 Å². The van der Waals surface area contributed by atoms with Crippen molar-refractivity contribution < 1.29 is 40.0 Å². The summed E-state index contributed by atoms with van der Waals surface area (Å²) in [5.41, 5.74) is 0.284. The lowest BCUT2D eigenvalue weighted by atomic mass is 10.2. The third kappa shape index (κ3) is 5.28. The number of cyclic esters (lactones) is 1. The molecular weight excluding hydrogens is 343 g/mol. The lowest BCUT2D eigenvalue weighted by Gasteiger charge is -2.14. The van der Waals surface area contributed by atoms with Gasteiger partial charge in [0.05, 0.1) is 12.8 Å². The number of carbonyl (C=O) groups is 1. The van der Waals surface area contributed by atoms with E-state index in [0.717, 1.165) is 23.3 Å². The van der Waals surface area contributed by atoms with Crippen molar-refractivity contribution in [2.24, 2.45) is 0 Å². The maximum Gasteiger partial charge on any atom is 0.573 e. The van der Waals surface area contributed by atoms with Gasteiger partial charge in [0.15, 0.2) is 0 Å². The quantitative estimate of drug-likeness (QED) is 0.750. The van der Waals surface area contributed by atoms with Crippen LogP contribution in [0.3, 0.4) is 0 Å². The van der Waals surface area contributed by atoms with Crippen molar-refractivity contribution >= 4 is 21.9 Å². The minimum absolute atomic E-state index is 0.00777. The highest BCUT2D eigenvalue weighted by Gasteiger charge is 2.34. The lowest BCUT2D eigenvalue weighted by molar-refractivity contribution is -0.274. The molecule has 0 spiro atoms. The van der Waals surface area contributed by atoms with Crippen LogP contribution in [0.4, 0.5) is 23.7 Å². The first kappa shape index (κ1) is 17.3. The average molecular weight is 355 g/mol. The van der Waals surface area contributed by atoms with Crippen LogP contribution < -0.4 is 9.64 Å². The lowest BCUT2D eigenvalue weighted by Crippen LogP contribution is -2.26. The fourth-order valence-electron chi connectivity index (χ4n) is 1.85. The Morgan fingerprint density at radius 1 is 1.30 bits per heavy atom. The summed E-state index contributed by atoms with van der Waals surface area (Å²) in [4.78, 5) is 12.9. The summed E-state index contributed by atoms with van der Waals surface area (Å²) in [6.07, 6.45) is -5.50. The van der Waals surface area contributed by atoms with Crippen molar-refractivity contribution in [1.29, 1.82) is 0 Å². The molecule has 0 aliphatic carbocycles. The van der Waals surface area contributed by atoms with Gasteiger partial charge in [-0.25, -0.2) is 4.79 Å². The zero-order chi connectivity index (χ0) is 17.3. The number of rotatable bonds is 5. The highest BCUT2D eigenvalue weighted by atomic mass is 32.2. The zero-order valence-corrected chi connectivity index (χ0v) is 12.6. The molecule has 0 aromatic heterocycles. The summed E-state index contributed by atoms with van der Waals surface area (Å²) in [5, 5.41) is 0. The molecule has 1 fully saturated rings. The third-order valence-electron chi connectivity index (χ3n) is 2.72. The van der Waals surface area contributed by atoms with Gasteiger partial charge < -0.3 is 9.47 Å². The molecule has 7 nitrogen and oxygen atoms in total. The molecule has 1 saturated heterocycles. The van der Waals surface area contributed by atoms with Gasteiger partial charge in [0.25, 0.3) is 10.1 Å². The second-order valence-corrected chi connectivity index (χ2v) is 6.29. The molecule has 0 saturated carbocycles. The van der Waals surface area contributed by atoms with Gasteiger partial charge in [-0.05, 0) is 24.3 Å². The maximum absolute atomic E-state index is 12.1. The Morgan fingerprint density at radius 2 is 1.91 bits per heavy atom. The molecule has 1 aliphatic rings. The minimum atomic E-state index is -4.80. The fraction of sp³-hybridized carbons (Fsp3) is 0.417. The average Bonchev–Trinajstić information content (AvgIpc) is 2.76. The summed E-state index contributed by atoms with van der Waals surface area (Å²) in [7, 11) is -3.67. The molecule has 1 unspecified atom stereocenters. The van der Waals surface area contributed by atoms with Gasteiger partial charge in [-0.3, -0.25) is 9.08 Å². The largest absolute Gasteiger partial charge is 0.573 e. The SMILES string of the molecule is CS(=O)(=O)OCC1CN(c2ccc(OC(F)(F)F)cc2)C(=O)O1. The summed E-state index contributed by atoms with van der Waals surface area (Å²) in [5.74, 6) is -0.425. The van der Waals surface area contributed by atoms with E-state index in [1.54, 1.807) is 0 Å². The van der Waals surface area contributed by atoms with Crippen LogP contribution in [0.25, 0.3) is 0 Å². The molecular formula is C12H12F3NO6S. The standard InChI is InChI=1S/C12H12F3NO6S/c1-23(18,19)20-7-10-6-16(11(17)21-10)8-2-4-9(5-3-8)22-12(13,14)15/h2-5,10H,6-7H2,1H3. The number of benzene rings is 1. The highest BCUT2D eigenvalue weighted by Crippen LogP contribution is 2.27. The highest BCUT2D eigenvalue weighted by molar-refractivity contribution is 7.85. The van der Waals surface area contributed by atoms with Gasteiger partial charge in [0.2, 0.25) is 0 Å². The number of halogens is 3. The van der Waals surface area contributed by atoms with Crippen LogP contribution in [0.1, 0.15) is 0 Å². The van der Waals surface area contributed by atoms with Crippen molar-refractivity contribution in [3.05, 3.63) is 24.3 Å². The number of amides is 1. The first-order valence-corrected chi connectivity index (χ1v) is 8.03. The molecule has 0 bridgehead atoms. The maximum atomic E-state index is 12.1. The van der Waals surface area contributed by atoms with E-state index < -0.39 is 34.4 Å². The van der Waals surface area contributed by atoms with E-state index in [1.165, 1.54) is 12.1 Å². The van der Waals surface area contributed by atoms with Gasteiger partial charge in [-0.2, -0.15) is 8.42 Å². The summed E-state index contributed by atoms with van der Waals surface area (Å²) < 4.78 is 71.2.